The highest BCUT2D eigenvalue weighted by Crippen LogP contribution is 2.69. The van der Waals surface area contributed by atoms with Crippen molar-refractivity contribution in [3.8, 4) is 17.2 Å². The van der Waals surface area contributed by atoms with Gasteiger partial charge in [-0.15, -0.1) is 0 Å². The van der Waals surface area contributed by atoms with Gasteiger partial charge in [0.15, 0.2) is 22.8 Å². The number of aliphatic carboxylic acids is 1. The summed E-state index contributed by atoms with van der Waals surface area (Å²) in [6.07, 6.45) is 12.3. The molecule has 3 aliphatic carbocycles. The fourth-order valence-electron chi connectivity index (χ4n) is 8.40. The molecule has 1 aromatic carbocycles. The first-order valence-electron chi connectivity index (χ1n) is 16.5. The second-order valence-electron chi connectivity index (χ2n) is 15.1. The van der Waals surface area contributed by atoms with Crippen LogP contribution < -0.4 is 9.47 Å². The maximum atomic E-state index is 14.7. The Hall–Kier alpha value is -3.65. The van der Waals surface area contributed by atoms with Crippen LogP contribution in [0.25, 0.3) is 6.08 Å². The number of fused-ring (bicyclic) bond motifs is 2. The highest BCUT2D eigenvalue weighted by atomic mass is 16.6. The zero-order valence-electron chi connectivity index (χ0n) is 28.2. The lowest BCUT2D eigenvalue weighted by Gasteiger charge is -2.56. The van der Waals surface area contributed by atoms with Crippen LogP contribution in [0.2, 0.25) is 0 Å². The van der Waals surface area contributed by atoms with Crippen LogP contribution in [0.1, 0.15) is 109 Å². The fourth-order valence-corrected chi connectivity index (χ4v) is 8.40. The largest absolute Gasteiger partial charge is 0.506 e. The van der Waals surface area contributed by atoms with Gasteiger partial charge < -0.3 is 24.4 Å². The lowest BCUT2D eigenvalue weighted by atomic mass is 9.51. The summed E-state index contributed by atoms with van der Waals surface area (Å²) < 4.78 is 20.7. The number of benzene rings is 1. The Kier molecular flexibility index (Phi) is 7.51. The molecule has 1 spiro atoms. The number of hydrogen-bond acceptors (Lipinski definition) is 7. The van der Waals surface area contributed by atoms with Crippen molar-refractivity contribution in [3.63, 3.8) is 0 Å². The predicted molar refractivity (Wildman–Crippen MR) is 174 cm³/mol. The Balaban J connectivity index is 1.57. The number of aromatic hydroxyl groups is 1. The number of phenolic OH excluding ortho intramolecular Hbond substituents is 1. The first-order valence-corrected chi connectivity index (χ1v) is 16.5. The number of carboxylic acid groups (broad SMARTS) is 1. The number of ketones is 2. The van der Waals surface area contributed by atoms with Gasteiger partial charge in [-0.3, -0.25) is 14.4 Å². The zero-order chi connectivity index (χ0) is 33.6. The van der Waals surface area contributed by atoms with Crippen molar-refractivity contribution >= 4 is 23.6 Å². The molecule has 0 amide bonds. The molecule has 6 atom stereocenters. The number of rotatable bonds is 9. The molecule has 3 heterocycles. The van der Waals surface area contributed by atoms with Gasteiger partial charge in [0.25, 0.3) is 0 Å². The Bertz CT molecular complexity index is 1670. The smallest absolute Gasteiger partial charge is 0.306 e. The molecule has 46 heavy (non-hydrogen) atoms. The zero-order valence-corrected chi connectivity index (χ0v) is 28.2. The van der Waals surface area contributed by atoms with E-state index in [9.17, 15) is 24.6 Å². The molecular weight excluding hydrogens is 584 g/mol. The summed E-state index contributed by atoms with van der Waals surface area (Å²) in [5, 5.41) is 21.5. The van der Waals surface area contributed by atoms with Crippen molar-refractivity contribution < 1.29 is 38.8 Å². The quantitative estimate of drug-likeness (QED) is 0.273. The lowest BCUT2D eigenvalue weighted by Crippen LogP contribution is -2.72. The second-order valence-corrected chi connectivity index (χ2v) is 15.1. The molecule has 4 bridgehead atoms. The number of Topliss-reactive ketones (excluding diaryl/α,β-unsaturated/α-hetero) is 2. The van der Waals surface area contributed by atoms with Gasteiger partial charge in [0.05, 0.1) is 17.1 Å². The first kappa shape index (κ1) is 32.3. The van der Waals surface area contributed by atoms with Crippen molar-refractivity contribution in [3.05, 3.63) is 57.7 Å². The van der Waals surface area contributed by atoms with Crippen molar-refractivity contribution in [1.82, 2.24) is 0 Å². The molecular formula is C38H46O8. The third kappa shape index (κ3) is 4.54. The van der Waals surface area contributed by atoms with E-state index >= 15 is 0 Å². The van der Waals surface area contributed by atoms with Crippen LogP contribution in [-0.2, 0) is 20.7 Å². The highest BCUT2D eigenvalue weighted by Gasteiger charge is 2.81. The van der Waals surface area contributed by atoms with E-state index in [2.05, 4.69) is 19.9 Å². The van der Waals surface area contributed by atoms with Crippen molar-refractivity contribution in [2.24, 2.45) is 17.8 Å². The third-order valence-electron chi connectivity index (χ3n) is 10.8. The predicted octanol–water partition coefficient (Wildman–Crippen LogP) is 7.32. The SMILES string of the molecule is CC(C)=CCC[C@]1(C)C=Cc2c(O)c3c(c(CC=C(C)C)c2O1)O[C@]12C(=C[C@@H]4CC1C(C)(C)O[C@@]2(CCC(C)C(=O)O)C4=O)C3=O. The minimum Gasteiger partial charge on any atom is -0.506 e. The van der Waals surface area contributed by atoms with E-state index in [4.69, 9.17) is 14.2 Å². The second kappa shape index (κ2) is 10.7. The molecule has 3 aliphatic heterocycles. The average Bonchev–Trinajstić information content (AvgIpc) is 3.12. The summed E-state index contributed by atoms with van der Waals surface area (Å²) in [6, 6.07) is 0. The summed E-state index contributed by atoms with van der Waals surface area (Å²) in [6.45, 7) is 15.6. The maximum Gasteiger partial charge on any atom is 0.306 e. The van der Waals surface area contributed by atoms with Gasteiger partial charge in [-0.1, -0.05) is 36.3 Å². The molecule has 1 saturated heterocycles. The van der Waals surface area contributed by atoms with Crippen molar-refractivity contribution in [2.75, 3.05) is 0 Å². The molecule has 246 valence electrons. The van der Waals surface area contributed by atoms with E-state index in [0.717, 1.165) is 12.0 Å². The summed E-state index contributed by atoms with van der Waals surface area (Å²) in [7, 11) is 0. The summed E-state index contributed by atoms with van der Waals surface area (Å²) >= 11 is 0. The average molecular weight is 631 g/mol. The molecule has 0 aromatic heterocycles. The minimum atomic E-state index is -1.55. The van der Waals surface area contributed by atoms with Crippen molar-refractivity contribution in [1.29, 1.82) is 0 Å². The molecule has 7 rings (SSSR count). The Morgan fingerprint density at radius 1 is 1.04 bits per heavy atom. The number of phenols is 1. The molecule has 0 radical (unpaired) electrons. The van der Waals surface area contributed by atoms with Gasteiger partial charge in [-0.05, 0) is 99.1 Å². The van der Waals surface area contributed by atoms with Gasteiger partial charge in [0.2, 0.25) is 0 Å². The van der Waals surface area contributed by atoms with Gasteiger partial charge >= 0.3 is 5.97 Å². The normalized spacial score (nSPS) is 31.5. The number of carbonyl (C=O) groups is 3. The van der Waals surface area contributed by atoms with E-state index in [1.54, 1.807) is 13.0 Å². The van der Waals surface area contributed by atoms with Crippen LogP contribution >= 0.6 is 0 Å². The Morgan fingerprint density at radius 2 is 1.74 bits per heavy atom. The monoisotopic (exact) mass is 630 g/mol. The maximum absolute atomic E-state index is 14.7. The Labute approximate surface area is 271 Å². The molecule has 6 aliphatic rings. The lowest BCUT2D eigenvalue weighted by molar-refractivity contribution is -0.175. The molecule has 1 aromatic rings. The van der Waals surface area contributed by atoms with Crippen LogP contribution in [-0.4, -0.2) is 50.2 Å². The minimum absolute atomic E-state index is 0.0698. The van der Waals surface area contributed by atoms with Gasteiger partial charge in [0.1, 0.15) is 28.4 Å². The van der Waals surface area contributed by atoms with Gasteiger partial charge in [0, 0.05) is 23.0 Å². The first-order chi connectivity index (χ1) is 21.5. The van der Waals surface area contributed by atoms with Crippen LogP contribution in [0.5, 0.6) is 17.2 Å². The standard InChI is InChI=1S/C38H46O8/c1-20(2)10-9-15-36(8)16-14-24-29(39)28-30(40)26-18-23-19-27-35(6,7)46-37(33(23)41,17-13-22(5)34(42)43)38(26,27)45-32(28)25(31(24)44-36)12-11-21(3)4/h10-11,14,16,18,22-23,27,39H,9,12-13,15,17,19H2,1-8H3,(H,42,43)/t22?,23-,27?,36-,37+,38-/m1/s1. The number of carbonyl (C=O) groups excluding carboxylic acids is 2. The number of carboxylic acids is 1. The van der Waals surface area contributed by atoms with Crippen LogP contribution in [0.15, 0.2) is 41.0 Å². The number of allylic oxidation sites excluding steroid dienone is 5. The van der Waals surface area contributed by atoms with Crippen LogP contribution in [0.4, 0.5) is 0 Å². The molecule has 8 heteroatoms. The molecule has 1 saturated carbocycles. The third-order valence-corrected chi connectivity index (χ3v) is 10.8. The van der Waals surface area contributed by atoms with Gasteiger partial charge in [-0.25, -0.2) is 0 Å². The van der Waals surface area contributed by atoms with Crippen LogP contribution in [0, 0.1) is 17.8 Å². The summed E-state index contributed by atoms with van der Waals surface area (Å²) in [5.41, 5.74) is -0.784. The van der Waals surface area contributed by atoms with E-state index in [-0.39, 0.29) is 47.4 Å². The van der Waals surface area contributed by atoms with E-state index in [1.807, 2.05) is 52.8 Å². The molecule has 2 unspecified atom stereocenters. The molecule has 2 fully saturated rings. The number of ether oxygens (including phenoxy) is 3. The van der Waals surface area contributed by atoms with Gasteiger partial charge in [-0.2, -0.15) is 0 Å². The van der Waals surface area contributed by atoms with Crippen molar-refractivity contribution in [2.45, 2.75) is 116 Å². The molecule has 8 nitrogen and oxygen atoms in total. The topological polar surface area (TPSA) is 119 Å². The van der Waals surface area contributed by atoms with Crippen LogP contribution in [0.3, 0.4) is 0 Å². The Morgan fingerprint density at radius 3 is 2.39 bits per heavy atom. The van der Waals surface area contributed by atoms with E-state index in [0.29, 0.717) is 41.7 Å². The van der Waals surface area contributed by atoms with E-state index in [1.165, 1.54) is 5.57 Å². The summed E-state index contributed by atoms with van der Waals surface area (Å²) in [5.74, 6) is -2.69. The highest BCUT2D eigenvalue weighted by molar-refractivity contribution is 6.19. The molecule has 2 N–H and O–H groups in total. The summed E-state index contributed by atoms with van der Waals surface area (Å²) in [4.78, 5) is 40.9. The number of hydrogen-bond donors (Lipinski definition) is 2. The fraction of sp³-hybridized carbons (Fsp3) is 0.553. The van der Waals surface area contributed by atoms with E-state index < -0.39 is 40.2 Å².